The predicted molar refractivity (Wildman–Crippen MR) is 172 cm³/mol. The molecule has 1 aliphatic heterocycles. The van der Waals surface area contributed by atoms with Crippen molar-refractivity contribution in [2.45, 2.75) is 38.8 Å². The van der Waals surface area contributed by atoms with Crippen LogP contribution in [0.1, 0.15) is 34.6 Å². The van der Waals surface area contributed by atoms with Gasteiger partial charge in [0.25, 0.3) is 5.91 Å². The summed E-state index contributed by atoms with van der Waals surface area (Å²) < 4.78 is 19.2. The molecule has 0 saturated carbocycles. The number of thiazole rings is 1. The molecule has 4 aromatic carbocycles. The fourth-order valence-corrected chi connectivity index (χ4v) is 6.46. The summed E-state index contributed by atoms with van der Waals surface area (Å²) in [5.74, 6) is -0.315. The van der Waals surface area contributed by atoms with Crippen LogP contribution >= 0.6 is 11.3 Å². The lowest BCUT2D eigenvalue weighted by molar-refractivity contribution is -0.147. The normalized spacial score (nSPS) is 16.5. The molecule has 0 unspecified atom stereocenters. The van der Waals surface area contributed by atoms with E-state index in [1.165, 1.54) is 5.56 Å². The molecule has 0 aliphatic carbocycles. The lowest BCUT2D eigenvalue weighted by Crippen LogP contribution is -2.29. The highest BCUT2D eigenvalue weighted by Crippen LogP contribution is 2.37. The highest BCUT2D eigenvalue weighted by atomic mass is 32.1. The molecule has 1 aliphatic rings. The number of allylic oxidation sites excluding steroid dienone is 1. The van der Waals surface area contributed by atoms with Crippen molar-refractivity contribution in [3.05, 3.63) is 131 Å². The first-order valence-electron chi connectivity index (χ1n) is 14.5. The van der Waals surface area contributed by atoms with Gasteiger partial charge in [0, 0.05) is 34.5 Å². The minimum Gasteiger partial charge on any atom is -0.464 e. The van der Waals surface area contributed by atoms with Gasteiger partial charge in [-0.05, 0) is 72.2 Å². The number of aryl methyl sites for hydroxylation is 1. The number of rotatable bonds is 8. The number of hydrogen-bond acceptors (Lipinski definition) is 7. The second kappa shape index (κ2) is 12.1. The van der Waals surface area contributed by atoms with E-state index in [2.05, 4.69) is 24.4 Å². The Bertz CT molecular complexity index is 1970. The third-order valence-electron chi connectivity index (χ3n) is 7.77. The zero-order valence-corrected chi connectivity index (χ0v) is 24.8. The first-order chi connectivity index (χ1) is 21.5. The van der Waals surface area contributed by atoms with Crippen LogP contribution in [0.2, 0.25) is 0 Å². The maximum atomic E-state index is 13.5. The fourth-order valence-electron chi connectivity index (χ4n) is 5.39. The average Bonchev–Trinajstić information content (AvgIpc) is 3.68. The van der Waals surface area contributed by atoms with Crippen LogP contribution in [0, 0.1) is 6.92 Å². The van der Waals surface area contributed by atoms with Crippen molar-refractivity contribution in [3.8, 4) is 10.6 Å². The Morgan fingerprint density at radius 1 is 1.02 bits per heavy atom. The van der Waals surface area contributed by atoms with Crippen LogP contribution in [0.15, 0.2) is 114 Å². The number of fused-ring (bicyclic) bond motifs is 2. The molecule has 0 spiro atoms. The quantitative estimate of drug-likeness (QED) is 0.183. The Balaban J connectivity index is 1.10. The molecule has 7 rings (SSSR count). The number of para-hydroxylation sites is 1. The van der Waals surface area contributed by atoms with Gasteiger partial charge in [0.1, 0.15) is 10.6 Å². The van der Waals surface area contributed by atoms with Crippen LogP contribution in [0.5, 0.6) is 0 Å². The number of carbonyl (C=O) groups excluding carboxylic acids is 1. The predicted octanol–water partition coefficient (Wildman–Crippen LogP) is 8.08. The fraction of sp³-hybridized carbons (Fsp3) is 0.167. The third kappa shape index (κ3) is 5.88. The zero-order chi connectivity index (χ0) is 30.0. The summed E-state index contributed by atoms with van der Waals surface area (Å²) in [6, 6.07) is 29.3. The van der Waals surface area contributed by atoms with Gasteiger partial charge >= 0.3 is 0 Å². The van der Waals surface area contributed by atoms with Crippen molar-refractivity contribution in [1.82, 2.24) is 4.98 Å². The van der Waals surface area contributed by atoms with Gasteiger partial charge in [-0.2, -0.15) is 0 Å². The van der Waals surface area contributed by atoms with Crippen molar-refractivity contribution in [2.24, 2.45) is 0 Å². The molecule has 2 N–H and O–H groups in total. The molecule has 220 valence electrons. The molecule has 0 saturated heterocycles. The summed E-state index contributed by atoms with van der Waals surface area (Å²) in [6.07, 6.45) is 3.46. The van der Waals surface area contributed by atoms with E-state index in [1.807, 2.05) is 84.9 Å². The maximum absolute atomic E-state index is 13.5. The second-order valence-electron chi connectivity index (χ2n) is 10.9. The highest BCUT2D eigenvalue weighted by molar-refractivity contribution is 7.21. The number of furan rings is 1. The summed E-state index contributed by atoms with van der Waals surface area (Å²) in [4.78, 5) is 18.3. The summed E-state index contributed by atoms with van der Waals surface area (Å²) in [5, 5.41) is 14.3. The van der Waals surface area contributed by atoms with Gasteiger partial charge in [-0.3, -0.25) is 4.79 Å². The topological polar surface area (TPSA) is 93.8 Å². The van der Waals surface area contributed by atoms with E-state index in [-0.39, 0.29) is 24.2 Å². The number of aliphatic hydroxyl groups excluding tert-OH is 1. The van der Waals surface area contributed by atoms with Crippen molar-refractivity contribution >= 4 is 44.1 Å². The number of nitrogens with zero attached hydrogens (tertiary/aromatic N) is 1. The molecule has 2 aromatic heterocycles. The van der Waals surface area contributed by atoms with Gasteiger partial charge in [0.2, 0.25) is 6.29 Å². The molecule has 44 heavy (non-hydrogen) atoms. The van der Waals surface area contributed by atoms with Crippen LogP contribution in [0.3, 0.4) is 0 Å². The molecular formula is C36H30N2O5S. The van der Waals surface area contributed by atoms with Crippen molar-refractivity contribution in [1.29, 1.82) is 0 Å². The van der Waals surface area contributed by atoms with Crippen molar-refractivity contribution in [2.75, 3.05) is 5.32 Å². The SMILES string of the molecule is Cc1ccc2nc(-c3ccc(NC(=O)C4=C[C@@H](c5coc6ccccc56)C[C@@H](OCc5ccc(CO)cc5)O4)cc3)sc2c1. The van der Waals surface area contributed by atoms with Gasteiger partial charge in [-0.25, -0.2) is 4.98 Å². The molecular weight excluding hydrogens is 572 g/mol. The minimum atomic E-state index is -0.651. The molecule has 7 nitrogen and oxygen atoms in total. The van der Waals surface area contributed by atoms with E-state index in [9.17, 15) is 9.90 Å². The van der Waals surface area contributed by atoms with Gasteiger partial charge in [0.15, 0.2) is 5.76 Å². The van der Waals surface area contributed by atoms with Gasteiger partial charge < -0.3 is 24.3 Å². The molecule has 6 aromatic rings. The zero-order valence-electron chi connectivity index (χ0n) is 24.0. The standard InChI is InChI=1S/C36H30N2O5S/c1-22-6-15-30-33(16-22)44-36(38-30)25-11-13-27(14-12-25)37-35(40)32-17-26(29-21-41-31-5-3-2-4-28(29)31)18-34(43-32)42-20-24-9-7-23(19-39)8-10-24/h2-17,21,26,34,39H,18-20H2,1H3,(H,37,40)/t26-,34+/m1/s1. The van der Waals surface area contributed by atoms with Crippen LogP contribution in [-0.2, 0) is 27.5 Å². The average molecular weight is 603 g/mol. The first-order valence-corrected chi connectivity index (χ1v) is 15.3. The number of aromatic nitrogens is 1. The number of benzene rings is 4. The van der Waals surface area contributed by atoms with E-state index >= 15 is 0 Å². The van der Waals surface area contributed by atoms with E-state index in [0.29, 0.717) is 18.7 Å². The number of carbonyl (C=O) groups is 1. The number of amides is 1. The first kappa shape index (κ1) is 28.0. The smallest absolute Gasteiger partial charge is 0.290 e. The number of aliphatic hydroxyl groups is 1. The number of anilines is 1. The Morgan fingerprint density at radius 2 is 1.82 bits per heavy atom. The van der Waals surface area contributed by atoms with Crippen LogP contribution in [0.25, 0.3) is 31.8 Å². The molecule has 0 bridgehead atoms. The van der Waals surface area contributed by atoms with E-state index in [0.717, 1.165) is 48.4 Å². The van der Waals surface area contributed by atoms with Crippen molar-refractivity contribution < 1.29 is 23.8 Å². The Morgan fingerprint density at radius 3 is 2.64 bits per heavy atom. The number of hydrogen-bond donors (Lipinski definition) is 2. The lowest BCUT2D eigenvalue weighted by atomic mass is 9.92. The Kier molecular flexibility index (Phi) is 7.70. The van der Waals surface area contributed by atoms with Crippen molar-refractivity contribution in [3.63, 3.8) is 0 Å². The molecule has 0 radical (unpaired) electrons. The summed E-state index contributed by atoms with van der Waals surface area (Å²) >= 11 is 1.65. The lowest BCUT2D eigenvalue weighted by Gasteiger charge is -2.29. The second-order valence-corrected chi connectivity index (χ2v) is 11.9. The van der Waals surface area contributed by atoms with Gasteiger partial charge in [-0.15, -0.1) is 11.3 Å². The van der Waals surface area contributed by atoms with Gasteiger partial charge in [0.05, 0.1) is 29.7 Å². The third-order valence-corrected chi connectivity index (χ3v) is 8.83. The Hall–Kier alpha value is -4.76. The summed E-state index contributed by atoms with van der Waals surface area (Å²) in [6.45, 7) is 2.37. The number of ether oxygens (including phenoxy) is 2. The van der Waals surface area contributed by atoms with E-state index in [4.69, 9.17) is 18.9 Å². The highest BCUT2D eigenvalue weighted by Gasteiger charge is 2.30. The van der Waals surface area contributed by atoms with Crippen LogP contribution < -0.4 is 5.32 Å². The molecule has 0 fully saturated rings. The number of nitrogens with one attached hydrogen (secondary N) is 1. The molecule has 1 amide bonds. The molecule has 3 heterocycles. The molecule has 2 atom stereocenters. The van der Waals surface area contributed by atoms with E-state index < -0.39 is 6.29 Å². The monoisotopic (exact) mass is 602 g/mol. The largest absolute Gasteiger partial charge is 0.464 e. The van der Waals surface area contributed by atoms with Crippen LogP contribution in [0.4, 0.5) is 5.69 Å². The minimum absolute atomic E-state index is 0.0130. The van der Waals surface area contributed by atoms with Gasteiger partial charge in [-0.1, -0.05) is 48.5 Å². The Labute approximate surface area is 258 Å². The molecule has 8 heteroatoms. The summed E-state index contributed by atoms with van der Waals surface area (Å²) in [7, 11) is 0. The van der Waals surface area contributed by atoms with Crippen LogP contribution in [-0.4, -0.2) is 22.3 Å². The maximum Gasteiger partial charge on any atom is 0.290 e. The summed E-state index contributed by atoms with van der Waals surface area (Å²) in [5.41, 5.74) is 7.37. The van der Waals surface area contributed by atoms with E-state index in [1.54, 1.807) is 17.6 Å².